The smallest absolute Gasteiger partial charge is 0.256 e. The van der Waals surface area contributed by atoms with E-state index in [4.69, 9.17) is 0 Å². The predicted octanol–water partition coefficient (Wildman–Crippen LogP) is 1.77. The number of hydrogen-bond donors (Lipinski definition) is 2. The average Bonchev–Trinajstić information content (AvgIpc) is 2.89. The van der Waals surface area contributed by atoms with Crippen molar-refractivity contribution in [2.45, 2.75) is 18.9 Å². The fourth-order valence-corrected chi connectivity index (χ4v) is 2.36. The number of carbonyl (C=O) groups is 1. The van der Waals surface area contributed by atoms with Gasteiger partial charge in [-0.15, -0.1) is 0 Å². The van der Waals surface area contributed by atoms with E-state index in [1.165, 1.54) is 6.42 Å². The Hall–Kier alpha value is -1.61. The number of fused-ring (bicyclic) bond motifs is 1. The molecule has 0 bridgehead atoms. The summed E-state index contributed by atoms with van der Waals surface area (Å²) >= 11 is 0. The molecule has 1 fully saturated rings. The molecule has 1 aromatic rings. The van der Waals surface area contributed by atoms with Gasteiger partial charge in [0.25, 0.3) is 5.91 Å². The molecule has 1 amide bonds. The standard InChI is InChI=1S/C13H14N2O/c16-13-11(8-9-4-3-7-14-9)10-5-1-2-6-12(10)15-13/h1-2,5-6,8-9,14H,3-4,7H2,(H,15,16). The van der Waals surface area contributed by atoms with Crippen LogP contribution in [0.5, 0.6) is 0 Å². The van der Waals surface area contributed by atoms with Crippen molar-refractivity contribution in [2.75, 3.05) is 11.9 Å². The van der Waals surface area contributed by atoms with Crippen molar-refractivity contribution >= 4 is 17.2 Å². The summed E-state index contributed by atoms with van der Waals surface area (Å²) < 4.78 is 0. The Morgan fingerprint density at radius 3 is 3.00 bits per heavy atom. The Bertz CT molecular complexity index is 459. The topological polar surface area (TPSA) is 41.1 Å². The molecule has 1 atom stereocenters. The lowest BCUT2D eigenvalue weighted by Crippen LogP contribution is -2.19. The van der Waals surface area contributed by atoms with Gasteiger partial charge < -0.3 is 10.6 Å². The van der Waals surface area contributed by atoms with Crippen LogP contribution in [0, 0.1) is 0 Å². The summed E-state index contributed by atoms with van der Waals surface area (Å²) in [6.45, 7) is 1.05. The van der Waals surface area contributed by atoms with Gasteiger partial charge in [-0.1, -0.05) is 24.3 Å². The van der Waals surface area contributed by atoms with Gasteiger partial charge in [0.15, 0.2) is 0 Å². The number of hydrogen-bond acceptors (Lipinski definition) is 2. The Morgan fingerprint density at radius 2 is 2.19 bits per heavy atom. The molecular formula is C13H14N2O. The van der Waals surface area contributed by atoms with Crippen LogP contribution < -0.4 is 10.6 Å². The van der Waals surface area contributed by atoms with Crippen LogP contribution in [0.4, 0.5) is 5.69 Å². The molecule has 3 nitrogen and oxygen atoms in total. The van der Waals surface area contributed by atoms with Gasteiger partial charge >= 0.3 is 0 Å². The summed E-state index contributed by atoms with van der Waals surface area (Å²) in [5.41, 5.74) is 2.77. The maximum absolute atomic E-state index is 11.8. The zero-order valence-electron chi connectivity index (χ0n) is 8.99. The number of rotatable bonds is 1. The molecule has 0 aliphatic carbocycles. The van der Waals surface area contributed by atoms with Crippen molar-refractivity contribution < 1.29 is 4.79 Å². The molecular weight excluding hydrogens is 200 g/mol. The van der Waals surface area contributed by atoms with Gasteiger partial charge in [0.05, 0.1) is 0 Å². The lowest BCUT2D eigenvalue weighted by molar-refractivity contribution is -0.110. The van der Waals surface area contributed by atoms with Crippen LogP contribution in [0.25, 0.3) is 5.57 Å². The second kappa shape index (κ2) is 3.76. The normalized spacial score (nSPS) is 25.9. The largest absolute Gasteiger partial charge is 0.321 e. The minimum absolute atomic E-state index is 0.0231. The number of amides is 1. The molecule has 1 aromatic carbocycles. The summed E-state index contributed by atoms with van der Waals surface area (Å²) in [6, 6.07) is 8.20. The van der Waals surface area contributed by atoms with Crippen LogP contribution in [-0.4, -0.2) is 18.5 Å². The van der Waals surface area contributed by atoms with Crippen molar-refractivity contribution in [3.05, 3.63) is 35.9 Å². The van der Waals surface area contributed by atoms with Gasteiger partial charge in [-0.3, -0.25) is 4.79 Å². The van der Waals surface area contributed by atoms with Crippen molar-refractivity contribution in [2.24, 2.45) is 0 Å². The molecule has 1 unspecified atom stereocenters. The highest BCUT2D eigenvalue weighted by Gasteiger charge is 2.25. The van der Waals surface area contributed by atoms with E-state index in [1.54, 1.807) is 0 Å². The van der Waals surface area contributed by atoms with E-state index in [1.807, 2.05) is 24.3 Å². The summed E-state index contributed by atoms with van der Waals surface area (Å²) in [6.07, 6.45) is 4.38. The quantitative estimate of drug-likeness (QED) is 0.699. The number of nitrogens with one attached hydrogen (secondary N) is 2. The Labute approximate surface area is 94.5 Å². The third-order valence-corrected chi connectivity index (χ3v) is 3.18. The molecule has 1 saturated heterocycles. The summed E-state index contributed by atoms with van der Waals surface area (Å²) in [7, 11) is 0. The number of anilines is 1. The van der Waals surface area contributed by atoms with Crippen LogP contribution in [0.3, 0.4) is 0 Å². The minimum Gasteiger partial charge on any atom is -0.321 e. The van der Waals surface area contributed by atoms with E-state index in [-0.39, 0.29) is 5.91 Å². The predicted molar refractivity (Wildman–Crippen MR) is 64.1 cm³/mol. The summed E-state index contributed by atoms with van der Waals surface area (Å²) in [5, 5.41) is 6.26. The van der Waals surface area contributed by atoms with E-state index in [0.717, 1.165) is 29.8 Å². The van der Waals surface area contributed by atoms with Crippen molar-refractivity contribution in [3.8, 4) is 0 Å². The SMILES string of the molecule is O=C1Nc2ccccc2C1=CC1CCCN1. The van der Waals surface area contributed by atoms with E-state index in [9.17, 15) is 4.79 Å². The second-order valence-corrected chi connectivity index (χ2v) is 4.28. The number of benzene rings is 1. The van der Waals surface area contributed by atoms with Crippen molar-refractivity contribution in [1.29, 1.82) is 0 Å². The number of carbonyl (C=O) groups excluding carboxylic acids is 1. The summed E-state index contributed by atoms with van der Waals surface area (Å²) in [4.78, 5) is 11.8. The highest BCUT2D eigenvalue weighted by molar-refractivity contribution is 6.31. The van der Waals surface area contributed by atoms with E-state index in [0.29, 0.717) is 6.04 Å². The molecule has 2 N–H and O–H groups in total. The Morgan fingerprint density at radius 1 is 1.31 bits per heavy atom. The zero-order chi connectivity index (χ0) is 11.0. The Balaban J connectivity index is 1.98. The fraction of sp³-hybridized carbons (Fsp3) is 0.308. The highest BCUT2D eigenvalue weighted by atomic mass is 16.2. The first-order valence-electron chi connectivity index (χ1n) is 5.70. The highest BCUT2D eigenvalue weighted by Crippen LogP contribution is 2.31. The first-order valence-corrected chi connectivity index (χ1v) is 5.70. The second-order valence-electron chi connectivity index (χ2n) is 4.28. The fourth-order valence-electron chi connectivity index (χ4n) is 2.36. The maximum Gasteiger partial charge on any atom is 0.256 e. The van der Waals surface area contributed by atoms with Crippen LogP contribution in [0.15, 0.2) is 30.3 Å². The van der Waals surface area contributed by atoms with Gasteiger partial charge in [-0.25, -0.2) is 0 Å². The molecule has 0 aromatic heterocycles. The molecule has 0 spiro atoms. The first-order chi connectivity index (χ1) is 7.84. The van der Waals surface area contributed by atoms with Gasteiger partial charge in [-0.05, 0) is 25.5 Å². The average molecular weight is 214 g/mol. The van der Waals surface area contributed by atoms with Crippen LogP contribution in [0.1, 0.15) is 18.4 Å². The van der Waals surface area contributed by atoms with Crippen molar-refractivity contribution in [1.82, 2.24) is 5.32 Å². The monoisotopic (exact) mass is 214 g/mol. The van der Waals surface area contributed by atoms with Gasteiger partial charge in [-0.2, -0.15) is 0 Å². The summed E-state index contributed by atoms with van der Waals surface area (Å²) in [5.74, 6) is 0.0231. The van der Waals surface area contributed by atoms with Crippen LogP contribution in [0.2, 0.25) is 0 Å². The third-order valence-electron chi connectivity index (χ3n) is 3.18. The maximum atomic E-state index is 11.8. The van der Waals surface area contributed by atoms with Gasteiger partial charge in [0.2, 0.25) is 0 Å². The molecule has 2 aliphatic heterocycles. The third kappa shape index (κ3) is 1.53. The Kier molecular flexibility index (Phi) is 2.26. The molecule has 82 valence electrons. The first kappa shape index (κ1) is 9.60. The van der Waals surface area contributed by atoms with Crippen molar-refractivity contribution in [3.63, 3.8) is 0 Å². The van der Waals surface area contributed by atoms with E-state index >= 15 is 0 Å². The minimum atomic E-state index is 0.0231. The zero-order valence-corrected chi connectivity index (χ0v) is 8.99. The number of para-hydroxylation sites is 1. The molecule has 3 heteroatoms. The lowest BCUT2D eigenvalue weighted by Gasteiger charge is -2.04. The molecule has 16 heavy (non-hydrogen) atoms. The molecule has 2 aliphatic rings. The molecule has 0 saturated carbocycles. The van der Waals surface area contributed by atoms with Gasteiger partial charge in [0, 0.05) is 22.9 Å². The van der Waals surface area contributed by atoms with E-state index in [2.05, 4.69) is 16.7 Å². The molecule has 0 radical (unpaired) electrons. The molecule has 3 rings (SSSR count). The van der Waals surface area contributed by atoms with E-state index < -0.39 is 0 Å². The molecule has 2 heterocycles. The van der Waals surface area contributed by atoms with Crippen LogP contribution in [-0.2, 0) is 4.79 Å². The van der Waals surface area contributed by atoms with Gasteiger partial charge in [0.1, 0.15) is 0 Å². The lowest BCUT2D eigenvalue weighted by atomic mass is 10.0. The van der Waals surface area contributed by atoms with Crippen LogP contribution >= 0.6 is 0 Å².